The fourth-order valence-corrected chi connectivity index (χ4v) is 3.31. The number of rotatable bonds is 3. The minimum atomic E-state index is -0.517. The quantitative estimate of drug-likeness (QED) is 0.448. The van der Waals surface area contributed by atoms with Crippen molar-refractivity contribution in [2.45, 2.75) is 0 Å². The van der Waals surface area contributed by atoms with Gasteiger partial charge in [-0.05, 0) is 24.3 Å². The van der Waals surface area contributed by atoms with Crippen LogP contribution in [0.25, 0.3) is 28.2 Å². The maximum atomic E-state index is 12.3. The summed E-state index contributed by atoms with van der Waals surface area (Å²) in [5.74, 6) is -0.517. The van der Waals surface area contributed by atoms with Gasteiger partial charge >= 0.3 is 5.97 Å². The molecular weight excluding hydrogens is 385 g/mol. The maximum absolute atomic E-state index is 12.3. The zero-order chi connectivity index (χ0) is 19.0. The second-order valence-electron chi connectivity index (χ2n) is 5.81. The topological polar surface area (TPSA) is 56.5 Å². The largest absolute Gasteiger partial charge is 0.464 e. The highest BCUT2D eigenvalue weighted by molar-refractivity contribution is 6.36. The molecule has 0 unspecified atom stereocenters. The van der Waals surface area contributed by atoms with Crippen molar-refractivity contribution in [3.63, 3.8) is 0 Å². The van der Waals surface area contributed by atoms with E-state index in [-0.39, 0.29) is 5.69 Å². The van der Waals surface area contributed by atoms with Crippen molar-refractivity contribution >= 4 is 34.8 Å². The number of nitrogens with zero attached hydrogens (tertiary/aromatic N) is 3. The molecule has 4 rings (SSSR count). The Balaban J connectivity index is 1.95. The summed E-state index contributed by atoms with van der Waals surface area (Å²) in [6.07, 6.45) is 0. The van der Waals surface area contributed by atoms with Crippen molar-refractivity contribution in [2.75, 3.05) is 7.11 Å². The highest BCUT2D eigenvalue weighted by atomic mass is 35.5. The van der Waals surface area contributed by atoms with E-state index >= 15 is 0 Å². The number of ether oxygens (including phenoxy) is 1. The van der Waals surface area contributed by atoms with E-state index in [1.54, 1.807) is 24.3 Å². The van der Waals surface area contributed by atoms with E-state index in [0.29, 0.717) is 32.6 Å². The van der Waals surface area contributed by atoms with E-state index in [4.69, 9.17) is 27.9 Å². The van der Waals surface area contributed by atoms with Crippen LogP contribution in [0.3, 0.4) is 0 Å². The molecule has 134 valence electrons. The summed E-state index contributed by atoms with van der Waals surface area (Å²) in [7, 11) is 1.32. The van der Waals surface area contributed by atoms with E-state index in [2.05, 4.69) is 10.1 Å². The van der Waals surface area contributed by atoms with Gasteiger partial charge in [-0.25, -0.2) is 14.3 Å². The standard InChI is InChI=1S/C20H13Cl2N3O2/c1-27-20(26)18-10-17(14-8-7-13(21)9-15(14)22)23-19-11-16(24-25(18)19)12-5-3-2-4-6-12/h2-11H,1H3. The van der Waals surface area contributed by atoms with Crippen LogP contribution in [0.5, 0.6) is 0 Å². The van der Waals surface area contributed by atoms with Gasteiger partial charge in [0.1, 0.15) is 0 Å². The van der Waals surface area contributed by atoms with Gasteiger partial charge in [-0.3, -0.25) is 0 Å². The first kappa shape index (κ1) is 17.5. The molecule has 4 aromatic rings. The zero-order valence-corrected chi connectivity index (χ0v) is 15.7. The molecule has 0 fully saturated rings. The van der Waals surface area contributed by atoms with Crippen molar-refractivity contribution < 1.29 is 9.53 Å². The molecule has 2 aromatic carbocycles. The minimum Gasteiger partial charge on any atom is -0.464 e. The smallest absolute Gasteiger partial charge is 0.356 e. The van der Waals surface area contributed by atoms with Gasteiger partial charge in [0.15, 0.2) is 11.3 Å². The van der Waals surface area contributed by atoms with Crippen molar-refractivity contribution in [2.24, 2.45) is 0 Å². The third kappa shape index (κ3) is 3.27. The first-order valence-corrected chi connectivity index (χ1v) is 8.82. The minimum absolute atomic E-state index is 0.255. The lowest BCUT2D eigenvalue weighted by molar-refractivity contribution is 0.0590. The number of hydrogen-bond acceptors (Lipinski definition) is 4. The van der Waals surface area contributed by atoms with Crippen molar-refractivity contribution in [1.82, 2.24) is 14.6 Å². The van der Waals surface area contributed by atoms with Gasteiger partial charge in [0, 0.05) is 22.2 Å². The molecule has 0 saturated carbocycles. The van der Waals surface area contributed by atoms with Gasteiger partial charge in [0.25, 0.3) is 0 Å². The Morgan fingerprint density at radius 2 is 1.78 bits per heavy atom. The number of aromatic nitrogens is 3. The van der Waals surface area contributed by atoms with Crippen molar-refractivity contribution in [1.29, 1.82) is 0 Å². The molecule has 5 nitrogen and oxygen atoms in total. The average Bonchev–Trinajstić information content (AvgIpc) is 3.11. The van der Waals surface area contributed by atoms with E-state index in [1.165, 1.54) is 11.6 Å². The zero-order valence-electron chi connectivity index (χ0n) is 14.2. The second-order valence-corrected chi connectivity index (χ2v) is 6.65. The monoisotopic (exact) mass is 397 g/mol. The molecule has 0 bridgehead atoms. The molecular formula is C20H13Cl2N3O2. The predicted octanol–water partition coefficient (Wildman–Crippen LogP) is 5.16. The molecule has 0 amide bonds. The van der Waals surface area contributed by atoms with Crippen molar-refractivity contribution in [3.8, 4) is 22.5 Å². The molecule has 0 saturated heterocycles. The first-order chi connectivity index (χ1) is 13.1. The van der Waals surface area contributed by atoms with Gasteiger partial charge in [-0.15, -0.1) is 0 Å². The van der Waals surface area contributed by atoms with E-state index < -0.39 is 5.97 Å². The fraction of sp³-hybridized carbons (Fsp3) is 0.0500. The van der Waals surface area contributed by atoms with Gasteiger partial charge < -0.3 is 4.74 Å². The number of halogens is 2. The normalized spacial score (nSPS) is 10.9. The third-order valence-electron chi connectivity index (χ3n) is 4.10. The fourth-order valence-electron chi connectivity index (χ4n) is 2.81. The van der Waals surface area contributed by atoms with Crippen molar-refractivity contribution in [3.05, 3.63) is 76.4 Å². The third-order valence-corrected chi connectivity index (χ3v) is 4.65. The predicted molar refractivity (Wildman–Crippen MR) is 105 cm³/mol. The molecule has 7 heteroatoms. The molecule has 0 aliphatic heterocycles. The number of carbonyl (C=O) groups excluding carboxylic acids is 1. The van der Waals surface area contributed by atoms with E-state index in [1.807, 2.05) is 36.4 Å². The summed E-state index contributed by atoms with van der Waals surface area (Å²) in [6.45, 7) is 0. The van der Waals surface area contributed by atoms with Gasteiger partial charge in [-0.2, -0.15) is 5.10 Å². The average molecular weight is 398 g/mol. The van der Waals surface area contributed by atoms with E-state index in [9.17, 15) is 4.79 Å². The summed E-state index contributed by atoms with van der Waals surface area (Å²) in [6, 6.07) is 18.2. The molecule has 0 N–H and O–H groups in total. The second kappa shape index (κ2) is 7.02. The Morgan fingerprint density at radius 1 is 1.00 bits per heavy atom. The number of carbonyl (C=O) groups is 1. The number of methoxy groups -OCH3 is 1. The van der Waals surface area contributed by atoms with Crippen LogP contribution in [0.4, 0.5) is 0 Å². The molecule has 2 heterocycles. The lowest BCUT2D eigenvalue weighted by atomic mass is 10.1. The van der Waals surface area contributed by atoms with Gasteiger partial charge in [-0.1, -0.05) is 53.5 Å². The molecule has 0 aliphatic rings. The molecule has 0 radical (unpaired) electrons. The summed E-state index contributed by atoms with van der Waals surface area (Å²) < 4.78 is 6.39. The molecule has 27 heavy (non-hydrogen) atoms. The maximum Gasteiger partial charge on any atom is 0.356 e. The highest BCUT2D eigenvalue weighted by Crippen LogP contribution is 2.31. The summed E-state index contributed by atoms with van der Waals surface area (Å²) >= 11 is 12.3. The first-order valence-electron chi connectivity index (χ1n) is 8.07. The lowest BCUT2D eigenvalue weighted by Gasteiger charge is -2.08. The van der Waals surface area contributed by atoms with Gasteiger partial charge in [0.05, 0.1) is 23.5 Å². The van der Waals surface area contributed by atoms with Crippen LogP contribution in [0.15, 0.2) is 60.7 Å². The summed E-state index contributed by atoms with van der Waals surface area (Å²) in [5, 5.41) is 5.49. The number of fused-ring (bicyclic) bond motifs is 1. The summed E-state index contributed by atoms with van der Waals surface area (Å²) in [4.78, 5) is 17.0. The number of esters is 1. The number of benzene rings is 2. The van der Waals surface area contributed by atoms with Crippen LogP contribution in [0, 0.1) is 0 Å². The Bertz CT molecular complexity index is 1160. The Hall–Kier alpha value is -2.89. The molecule has 0 atom stereocenters. The van der Waals surface area contributed by atoms with Gasteiger partial charge in [0.2, 0.25) is 0 Å². The SMILES string of the molecule is COC(=O)c1cc(-c2ccc(Cl)cc2Cl)nc2cc(-c3ccccc3)nn12. The van der Waals surface area contributed by atoms with Crippen LogP contribution in [0.2, 0.25) is 10.0 Å². The van der Waals surface area contributed by atoms with Crippen LogP contribution in [0.1, 0.15) is 10.5 Å². The Labute approximate surface area is 165 Å². The lowest BCUT2D eigenvalue weighted by Crippen LogP contribution is -2.10. The highest BCUT2D eigenvalue weighted by Gasteiger charge is 2.18. The van der Waals surface area contributed by atoms with Crippen LogP contribution >= 0.6 is 23.2 Å². The Kier molecular flexibility index (Phi) is 4.56. The number of hydrogen-bond donors (Lipinski definition) is 0. The summed E-state index contributed by atoms with van der Waals surface area (Å²) in [5.41, 5.74) is 3.58. The van der Waals surface area contributed by atoms with E-state index in [0.717, 1.165) is 5.56 Å². The van der Waals surface area contributed by atoms with Crippen LogP contribution in [-0.2, 0) is 4.74 Å². The Morgan fingerprint density at radius 3 is 2.48 bits per heavy atom. The molecule has 2 aromatic heterocycles. The van der Waals surface area contributed by atoms with Crippen LogP contribution < -0.4 is 0 Å². The molecule has 0 spiro atoms. The molecule has 0 aliphatic carbocycles. The van der Waals surface area contributed by atoms with Crippen LogP contribution in [-0.4, -0.2) is 27.7 Å².